The average Bonchev–Trinajstić information content (AvgIpc) is 2.42. The first-order valence-corrected chi connectivity index (χ1v) is 6.45. The molecular formula is C16H17FN2O. The highest BCUT2D eigenvalue weighted by molar-refractivity contribution is 5.91. The zero-order valence-electron chi connectivity index (χ0n) is 11.3. The van der Waals surface area contributed by atoms with Crippen molar-refractivity contribution in [1.82, 2.24) is 0 Å². The average molecular weight is 272 g/mol. The van der Waals surface area contributed by atoms with Crippen LogP contribution in [0.15, 0.2) is 42.5 Å². The van der Waals surface area contributed by atoms with Gasteiger partial charge in [0, 0.05) is 17.8 Å². The van der Waals surface area contributed by atoms with Crippen LogP contribution in [0.4, 0.5) is 15.8 Å². The van der Waals surface area contributed by atoms with Crippen LogP contribution in [0, 0.1) is 12.7 Å². The predicted octanol–water partition coefficient (Wildman–Crippen LogP) is 3.29. The molecule has 0 fully saturated rings. The van der Waals surface area contributed by atoms with Crippen molar-refractivity contribution in [2.75, 3.05) is 11.1 Å². The lowest BCUT2D eigenvalue weighted by Gasteiger charge is -2.08. The van der Waals surface area contributed by atoms with E-state index in [9.17, 15) is 9.18 Å². The summed E-state index contributed by atoms with van der Waals surface area (Å²) < 4.78 is 13.1. The summed E-state index contributed by atoms with van der Waals surface area (Å²) >= 11 is 0. The summed E-state index contributed by atoms with van der Waals surface area (Å²) in [5, 5.41) is 2.73. The number of nitrogen functional groups attached to an aromatic ring is 1. The number of amides is 1. The number of hydrogen-bond acceptors (Lipinski definition) is 2. The summed E-state index contributed by atoms with van der Waals surface area (Å²) in [6, 6.07) is 11.8. The molecule has 2 rings (SSSR count). The topological polar surface area (TPSA) is 55.1 Å². The van der Waals surface area contributed by atoms with Crippen molar-refractivity contribution in [3.05, 3.63) is 59.4 Å². The summed E-state index contributed by atoms with van der Waals surface area (Å²) in [6.45, 7) is 1.83. The third-order valence-corrected chi connectivity index (χ3v) is 3.09. The fraction of sp³-hybridized carbons (Fsp3) is 0.188. The molecule has 0 aliphatic heterocycles. The Morgan fingerprint density at radius 3 is 2.60 bits per heavy atom. The van der Waals surface area contributed by atoms with Gasteiger partial charge in [-0.2, -0.15) is 0 Å². The standard InChI is InChI=1S/C16H17FN2O/c1-11-2-6-13(17)10-15(11)19-16(20)9-5-12-3-7-14(18)8-4-12/h2-4,6-8,10H,5,9,18H2,1H3,(H,19,20). The molecule has 0 bridgehead atoms. The number of rotatable bonds is 4. The number of anilines is 2. The van der Waals surface area contributed by atoms with Crippen molar-refractivity contribution in [3.63, 3.8) is 0 Å². The van der Waals surface area contributed by atoms with Gasteiger partial charge in [0.2, 0.25) is 5.91 Å². The highest BCUT2D eigenvalue weighted by Crippen LogP contribution is 2.16. The van der Waals surface area contributed by atoms with Gasteiger partial charge in [-0.15, -0.1) is 0 Å². The minimum Gasteiger partial charge on any atom is -0.399 e. The van der Waals surface area contributed by atoms with E-state index < -0.39 is 0 Å². The van der Waals surface area contributed by atoms with Crippen LogP contribution in [-0.2, 0) is 11.2 Å². The van der Waals surface area contributed by atoms with E-state index in [1.54, 1.807) is 6.07 Å². The van der Waals surface area contributed by atoms with Crippen molar-refractivity contribution >= 4 is 17.3 Å². The molecule has 3 N–H and O–H groups in total. The molecule has 1 amide bonds. The maximum absolute atomic E-state index is 13.1. The molecule has 0 aromatic heterocycles. The van der Waals surface area contributed by atoms with Crippen LogP contribution in [0.5, 0.6) is 0 Å². The molecule has 0 unspecified atom stereocenters. The third-order valence-electron chi connectivity index (χ3n) is 3.09. The third kappa shape index (κ3) is 3.82. The van der Waals surface area contributed by atoms with E-state index in [2.05, 4.69) is 5.32 Å². The first kappa shape index (κ1) is 14.1. The zero-order chi connectivity index (χ0) is 14.5. The molecule has 4 heteroatoms. The Labute approximate surface area is 117 Å². The molecule has 20 heavy (non-hydrogen) atoms. The van der Waals surface area contributed by atoms with Gasteiger partial charge in [0.15, 0.2) is 0 Å². The van der Waals surface area contributed by atoms with Crippen LogP contribution < -0.4 is 11.1 Å². The highest BCUT2D eigenvalue weighted by Gasteiger charge is 2.06. The van der Waals surface area contributed by atoms with Crippen LogP contribution in [0.25, 0.3) is 0 Å². The fourth-order valence-electron chi connectivity index (χ4n) is 1.88. The Balaban J connectivity index is 1.92. The number of nitrogens with one attached hydrogen (secondary N) is 1. The minimum absolute atomic E-state index is 0.129. The first-order valence-electron chi connectivity index (χ1n) is 6.45. The van der Waals surface area contributed by atoms with Gasteiger partial charge in [-0.3, -0.25) is 4.79 Å². The number of halogens is 1. The van der Waals surface area contributed by atoms with E-state index in [0.29, 0.717) is 24.2 Å². The summed E-state index contributed by atoms with van der Waals surface area (Å²) in [4.78, 5) is 11.9. The van der Waals surface area contributed by atoms with E-state index >= 15 is 0 Å². The number of carbonyl (C=O) groups excluding carboxylic acids is 1. The van der Waals surface area contributed by atoms with Crippen molar-refractivity contribution < 1.29 is 9.18 Å². The van der Waals surface area contributed by atoms with Crippen molar-refractivity contribution in [3.8, 4) is 0 Å². The van der Waals surface area contributed by atoms with Crippen LogP contribution in [-0.4, -0.2) is 5.91 Å². The molecule has 0 saturated heterocycles. The molecule has 0 spiro atoms. The molecule has 0 radical (unpaired) electrons. The first-order chi connectivity index (χ1) is 9.54. The van der Waals surface area contributed by atoms with Crippen LogP contribution in [0.3, 0.4) is 0 Å². The van der Waals surface area contributed by atoms with E-state index in [1.807, 2.05) is 31.2 Å². The molecule has 2 aromatic rings. The van der Waals surface area contributed by atoms with Gasteiger partial charge in [0.05, 0.1) is 0 Å². The van der Waals surface area contributed by atoms with E-state index in [-0.39, 0.29) is 11.7 Å². The monoisotopic (exact) mass is 272 g/mol. The molecule has 0 aliphatic carbocycles. The summed E-state index contributed by atoms with van der Waals surface area (Å²) in [7, 11) is 0. The molecule has 3 nitrogen and oxygen atoms in total. The second kappa shape index (κ2) is 6.19. The lowest BCUT2D eigenvalue weighted by molar-refractivity contribution is -0.116. The summed E-state index contributed by atoms with van der Waals surface area (Å²) in [6.07, 6.45) is 0.973. The maximum atomic E-state index is 13.1. The number of aryl methyl sites for hydroxylation is 2. The van der Waals surface area contributed by atoms with Gasteiger partial charge < -0.3 is 11.1 Å². The lowest BCUT2D eigenvalue weighted by atomic mass is 10.1. The number of nitrogens with two attached hydrogens (primary N) is 1. The Kier molecular flexibility index (Phi) is 4.35. The van der Waals surface area contributed by atoms with Gasteiger partial charge in [0.25, 0.3) is 0 Å². The largest absolute Gasteiger partial charge is 0.399 e. The van der Waals surface area contributed by atoms with Gasteiger partial charge >= 0.3 is 0 Å². The quantitative estimate of drug-likeness (QED) is 0.839. The number of carbonyl (C=O) groups is 1. The molecular weight excluding hydrogens is 255 g/mol. The van der Waals surface area contributed by atoms with Crippen molar-refractivity contribution in [2.45, 2.75) is 19.8 Å². The molecule has 0 heterocycles. The smallest absolute Gasteiger partial charge is 0.224 e. The van der Waals surface area contributed by atoms with Gasteiger partial charge in [-0.05, 0) is 48.7 Å². The summed E-state index contributed by atoms with van der Waals surface area (Å²) in [5.41, 5.74) is 8.71. The molecule has 0 aliphatic rings. The molecule has 0 atom stereocenters. The zero-order valence-corrected chi connectivity index (χ0v) is 11.3. The highest BCUT2D eigenvalue weighted by atomic mass is 19.1. The van der Waals surface area contributed by atoms with Crippen LogP contribution in [0.2, 0.25) is 0 Å². The van der Waals surface area contributed by atoms with Crippen LogP contribution in [0.1, 0.15) is 17.5 Å². The normalized spacial score (nSPS) is 10.3. The van der Waals surface area contributed by atoms with E-state index in [4.69, 9.17) is 5.73 Å². The minimum atomic E-state index is -0.357. The molecule has 2 aromatic carbocycles. The second-order valence-electron chi connectivity index (χ2n) is 4.75. The summed E-state index contributed by atoms with van der Waals surface area (Å²) in [5.74, 6) is -0.486. The van der Waals surface area contributed by atoms with E-state index in [1.165, 1.54) is 12.1 Å². The van der Waals surface area contributed by atoms with E-state index in [0.717, 1.165) is 11.1 Å². The maximum Gasteiger partial charge on any atom is 0.224 e. The number of benzene rings is 2. The Bertz CT molecular complexity index is 608. The van der Waals surface area contributed by atoms with Gasteiger partial charge in [-0.25, -0.2) is 4.39 Å². The molecule has 0 saturated carbocycles. The number of hydrogen-bond donors (Lipinski definition) is 2. The van der Waals surface area contributed by atoms with Crippen LogP contribution >= 0.6 is 0 Å². The Morgan fingerprint density at radius 2 is 1.90 bits per heavy atom. The second-order valence-corrected chi connectivity index (χ2v) is 4.75. The Morgan fingerprint density at radius 1 is 1.20 bits per heavy atom. The van der Waals surface area contributed by atoms with Crippen molar-refractivity contribution in [1.29, 1.82) is 0 Å². The van der Waals surface area contributed by atoms with Crippen molar-refractivity contribution in [2.24, 2.45) is 0 Å². The fourth-order valence-corrected chi connectivity index (χ4v) is 1.88. The molecule has 104 valence electrons. The SMILES string of the molecule is Cc1ccc(F)cc1NC(=O)CCc1ccc(N)cc1. The Hall–Kier alpha value is -2.36. The predicted molar refractivity (Wildman–Crippen MR) is 78.9 cm³/mol. The van der Waals surface area contributed by atoms with Gasteiger partial charge in [-0.1, -0.05) is 18.2 Å². The lowest BCUT2D eigenvalue weighted by Crippen LogP contribution is -2.13. The van der Waals surface area contributed by atoms with Gasteiger partial charge in [0.1, 0.15) is 5.82 Å².